The quantitative estimate of drug-likeness (QED) is 0.767. The first-order chi connectivity index (χ1) is 5.63. The monoisotopic (exact) mass is 224 g/mol. The minimum Gasteiger partial charge on any atom is -0.386 e. The Morgan fingerprint density at radius 2 is 1.75 bits per heavy atom. The van der Waals surface area contributed by atoms with E-state index in [1.54, 1.807) is 24.3 Å². The topological polar surface area (TPSA) is 20.2 Å². The summed E-state index contributed by atoms with van der Waals surface area (Å²) in [5, 5.41) is 9.90. The van der Waals surface area contributed by atoms with E-state index in [1.807, 2.05) is 0 Å². The molecule has 1 unspecified atom stereocenters. The van der Waals surface area contributed by atoms with Gasteiger partial charge in [0.2, 0.25) is 0 Å². The van der Waals surface area contributed by atoms with Crippen molar-refractivity contribution in [1.82, 2.24) is 0 Å². The van der Waals surface area contributed by atoms with Gasteiger partial charge in [0.25, 0.3) is 0 Å². The molecule has 1 N–H and O–H groups in total. The highest BCUT2D eigenvalue weighted by Crippen LogP contribution is 2.28. The molecule has 0 aromatic heterocycles. The molecule has 12 heavy (non-hydrogen) atoms. The van der Waals surface area contributed by atoms with E-state index in [1.165, 1.54) is 0 Å². The highest BCUT2D eigenvalue weighted by Gasteiger charge is 2.17. The zero-order valence-electron chi connectivity index (χ0n) is 6.05. The molecule has 1 rings (SSSR count). The van der Waals surface area contributed by atoms with Crippen LogP contribution in [0.1, 0.15) is 11.7 Å². The molecule has 0 aliphatic heterocycles. The van der Waals surface area contributed by atoms with Gasteiger partial charge in [0.1, 0.15) is 10.9 Å². The van der Waals surface area contributed by atoms with Crippen LogP contribution >= 0.6 is 34.8 Å². The molecule has 0 bridgehead atoms. The molecule has 1 atom stereocenters. The Hall–Kier alpha value is 0.0500. The molecule has 66 valence electrons. The lowest BCUT2D eigenvalue weighted by Gasteiger charge is -2.12. The Labute approximate surface area is 85.9 Å². The van der Waals surface area contributed by atoms with Gasteiger partial charge < -0.3 is 5.11 Å². The van der Waals surface area contributed by atoms with Gasteiger partial charge in [-0.05, 0) is 6.07 Å². The smallest absolute Gasteiger partial charge is 0.137 e. The molecule has 0 heterocycles. The molecule has 0 aliphatic rings. The van der Waals surface area contributed by atoms with Crippen LogP contribution < -0.4 is 0 Å². The third-order valence-corrected chi connectivity index (χ3v) is 2.28. The summed E-state index contributed by atoms with van der Waals surface area (Å²) in [6, 6.07) is 6.90. The first-order valence-corrected chi connectivity index (χ1v) is 4.58. The van der Waals surface area contributed by atoms with Gasteiger partial charge in [-0.1, -0.05) is 29.8 Å². The van der Waals surface area contributed by atoms with Crippen LogP contribution in [0.5, 0.6) is 0 Å². The second kappa shape index (κ2) is 4.33. The molecule has 1 aromatic carbocycles. The zero-order chi connectivity index (χ0) is 9.14. The minimum absolute atomic E-state index is 0.469. The van der Waals surface area contributed by atoms with Crippen molar-refractivity contribution in [3.8, 4) is 0 Å². The third-order valence-electron chi connectivity index (χ3n) is 1.46. The number of aliphatic hydroxyl groups excluding tert-OH is 1. The van der Waals surface area contributed by atoms with Crippen LogP contribution in [0.4, 0.5) is 0 Å². The van der Waals surface area contributed by atoms with Crippen LogP contribution in [0.3, 0.4) is 0 Å². The van der Waals surface area contributed by atoms with Crippen LogP contribution in [0.25, 0.3) is 0 Å². The lowest BCUT2D eigenvalue weighted by atomic mass is 10.1. The molecule has 1 nitrogen and oxygen atoms in total. The Morgan fingerprint density at radius 3 is 2.25 bits per heavy atom. The molecular weight excluding hydrogens is 218 g/mol. The van der Waals surface area contributed by atoms with Crippen LogP contribution in [-0.2, 0) is 0 Å². The van der Waals surface area contributed by atoms with Gasteiger partial charge in [-0.2, -0.15) is 0 Å². The Balaban J connectivity index is 2.94. The summed E-state index contributed by atoms with van der Waals surface area (Å²) < 4.78 is 0. The van der Waals surface area contributed by atoms with Crippen LogP contribution in [0.15, 0.2) is 24.3 Å². The Bertz CT molecular complexity index is 262. The van der Waals surface area contributed by atoms with E-state index in [2.05, 4.69) is 0 Å². The normalized spacial score (nSPS) is 13.4. The summed E-state index contributed by atoms with van der Waals surface area (Å²) in [5.41, 5.74) is 0.550. The van der Waals surface area contributed by atoms with Gasteiger partial charge in [-0.25, -0.2) is 0 Å². The van der Waals surface area contributed by atoms with Crippen molar-refractivity contribution >= 4 is 34.8 Å². The summed E-state index contributed by atoms with van der Waals surface area (Å²) in [6.45, 7) is 0. The molecule has 0 saturated carbocycles. The van der Waals surface area contributed by atoms with Crippen molar-refractivity contribution in [3.05, 3.63) is 34.9 Å². The fourth-order valence-electron chi connectivity index (χ4n) is 0.851. The number of benzene rings is 1. The standard InChI is InChI=1S/C8H7Cl3O/c9-6-4-2-1-3-5(6)7(12)8(10)11/h1-4,7-8,12H. The van der Waals surface area contributed by atoms with E-state index in [0.29, 0.717) is 10.6 Å². The maximum Gasteiger partial charge on any atom is 0.137 e. The zero-order valence-corrected chi connectivity index (χ0v) is 8.31. The largest absolute Gasteiger partial charge is 0.386 e. The highest BCUT2D eigenvalue weighted by molar-refractivity contribution is 6.44. The van der Waals surface area contributed by atoms with Crippen molar-refractivity contribution in [2.24, 2.45) is 0 Å². The SMILES string of the molecule is OC(c1ccccc1Cl)C(Cl)Cl. The van der Waals surface area contributed by atoms with Gasteiger partial charge in [0, 0.05) is 10.6 Å². The maximum absolute atomic E-state index is 9.43. The third kappa shape index (κ3) is 2.27. The second-order valence-electron chi connectivity index (χ2n) is 2.30. The summed E-state index contributed by atoms with van der Waals surface area (Å²) in [5.74, 6) is 0. The molecule has 1 aromatic rings. The average molecular weight is 226 g/mol. The van der Waals surface area contributed by atoms with E-state index in [9.17, 15) is 5.11 Å². The molecule has 0 radical (unpaired) electrons. The highest BCUT2D eigenvalue weighted by atomic mass is 35.5. The van der Waals surface area contributed by atoms with E-state index in [-0.39, 0.29) is 0 Å². The fraction of sp³-hybridized carbons (Fsp3) is 0.250. The number of rotatable bonds is 2. The Morgan fingerprint density at radius 1 is 1.17 bits per heavy atom. The van der Waals surface area contributed by atoms with E-state index < -0.39 is 10.9 Å². The fourth-order valence-corrected chi connectivity index (χ4v) is 1.37. The predicted molar refractivity (Wildman–Crippen MR) is 51.9 cm³/mol. The first kappa shape index (κ1) is 10.1. The van der Waals surface area contributed by atoms with Crippen molar-refractivity contribution in [2.45, 2.75) is 10.9 Å². The van der Waals surface area contributed by atoms with Crippen molar-refractivity contribution in [2.75, 3.05) is 0 Å². The molecule has 0 saturated heterocycles. The second-order valence-corrected chi connectivity index (χ2v) is 3.87. The molecular formula is C8H7Cl3O. The van der Waals surface area contributed by atoms with Gasteiger partial charge in [-0.3, -0.25) is 0 Å². The maximum atomic E-state index is 9.43. The molecule has 0 spiro atoms. The summed E-state index contributed by atoms with van der Waals surface area (Å²) in [7, 11) is 0. The molecule has 0 amide bonds. The predicted octanol–water partition coefficient (Wildman–Crippen LogP) is 3.18. The van der Waals surface area contributed by atoms with Gasteiger partial charge in [-0.15, -0.1) is 23.2 Å². The van der Waals surface area contributed by atoms with Crippen molar-refractivity contribution in [1.29, 1.82) is 0 Å². The van der Waals surface area contributed by atoms with Gasteiger partial charge in [0.15, 0.2) is 0 Å². The van der Waals surface area contributed by atoms with Crippen molar-refractivity contribution in [3.63, 3.8) is 0 Å². The number of aliphatic hydroxyl groups is 1. The number of hydrogen-bond donors (Lipinski definition) is 1. The summed E-state index contributed by atoms with van der Waals surface area (Å²) in [4.78, 5) is -0.857. The van der Waals surface area contributed by atoms with Gasteiger partial charge in [0.05, 0.1) is 0 Å². The number of hydrogen-bond acceptors (Lipinski definition) is 1. The van der Waals surface area contributed by atoms with Gasteiger partial charge >= 0.3 is 0 Å². The van der Waals surface area contributed by atoms with E-state index >= 15 is 0 Å². The van der Waals surface area contributed by atoms with Crippen LogP contribution in [0.2, 0.25) is 5.02 Å². The molecule has 0 aliphatic carbocycles. The van der Waals surface area contributed by atoms with Crippen molar-refractivity contribution < 1.29 is 5.11 Å². The lowest BCUT2D eigenvalue weighted by Crippen LogP contribution is -2.06. The van der Waals surface area contributed by atoms with Crippen LogP contribution in [0, 0.1) is 0 Å². The minimum atomic E-state index is -0.929. The Kier molecular flexibility index (Phi) is 3.66. The van der Waals surface area contributed by atoms with Crippen LogP contribution in [-0.4, -0.2) is 9.94 Å². The number of halogens is 3. The molecule has 0 fully saturated rings. The summed E-state index contributed by atoms with van der Waals surface area (Å²) >= 11 is 16.8. The average Bonchev–Trinajstić information content (AvgIpc) is 2.04. The van der Waals surface area contributed by atoms with E-state index in [4.69, 9.17) is 34.8 Å². The lowest BCUT2D eigenvalue weighted by molar-refractivity contribution is 0.193. The first-order valence-electron chi connectivity index (χ1n) is 3.33. The number of alkyl halides is 2. The summed E-state index contributed by atoms with van der Waals surface area (Å²) in [6.07, 6.45) is -0.929. The molecule has 4 heteroatoms. The van der Waals surface area contributed by atoms with E-state index in [0.717, 1.165) is 0 Å².